The number of alkyl halides is 1. The average Bonchev–Trinajstić information content (AvgIpc) is 3.19. The topological polar surface area (TPSA) is 50.3 Å². The van der Waals surface area contributed by atoms with E-state index in [4.69, 9.17) is 11.6 Å². The Bertz CT molecular complexity index is 474. The number of hydrogen-bond acceptors (Lipinski definition) is 3. The van der Waals surface area contributed by atoms with Crippen LogP contribution in [0.5, 0.6) is 0 Å². The van der Waals surface area contributed by atoms with Gasteiger partial charge in [0.15, 0.2) is 0 Å². The highest BCUT2D eigenvalue weighted by Crippen LogP contribution is 2.29. The van der Waals surface area contributed by atoms with Crippen LogP contribution in [0.1, 0.15) is 18.4 Å². The molecule has 0 saturated heterocycles. The zero-order valence-electron chi connectivity index (χ0n) is 10.1. The van der Waals surface area contributed by atoms with Crippen molar-refractivity contribution in [3.63, 3.8) is 0 Å². The molecule has 0 bridgehead atoms. The highest BCUT2D eigenvalue weighted by molar-refractivity contribution is 7.89. The van der Waals surface area contributed by atoms with Gasteiger partial charge in [-0.3, -0.25) is 4.98 Å². The molecule has 0 atom stereocenters. The Hall–Kier alpha value is -0.650. The van der Waals surface area contributed by atoms with Crippen LogP contribution in [0.25, 0.3) is 0 Å². The third-order valence-corrected chi connectivity index (χ3v) is 5.10. The summed E-state index contributed by atoms with van der Waals surface area (Å²) in [6.07, 6.45) is 5.81. The minimum Gasteiger partial charge on any atom is -0.265 e. The number of pyridine rings is 1. The van der Waals surface area contributed by atoms with Crippen molar-refractivity contribution in [3.8, 4) is 0 Å². The number of sulfonamides is 1. The maximum atomic E-state index is 12.2. The first-order chi connectivity index (χ1) is 8.63. The van der Waals surface area contributed by atoms with E-state index in [1.54, 1.807) is 16.7 Å². The van der Waals surface area contributed by atoms with Gasteiger partial charge in [0.1, 0.15) is 0 Å². The van der Waals surface area contributed by atoms with E-state index < -0.39 is 10.0 Å². The SMILES string of the molecule is O=S(=O)(CCc1ccncc1)N(CCCl)C1CC1. The molecule has 18 heavy (non-hydrogen) atoms. The van der Waals surface area contributed by atoms with Crippen molar-refractivity contribution in [2.45, 2.75) is 25.3 Å². The summed E-state index contributed by atoms with van der Waals surface area (Å²) in [4.78, 5) is 3.92. The zero-order chi connectivity index (χ0) is 13.0. The Morgan fingerprint density at radius 3 is 2.56 bits per heavy atom. The van der Waals surface area contributed by atoms with Crippen LogP contribution in [0.15, 0.2) is 24.5 Å². The van der Waals surface area contributed by atoms with Crippen molar-refractivity contribution < 1.29 is 8.42 Å². The van der Waals surface area contributed by atoms with E-state index in [2.05, 4.69) is 4.98 Å². The average molecular weight is 289 g/mol. The molecule has 0 spiro atoms. The fourth-order valence-electron chi connectivity index (χ4n) is 1.91. The summed E-state index contributed by atoms with van der Waals surface area (Å²) in [6, 6.07) is 3.88. The van der Waals surface area contributed by atoms with Crippen LogP contribution >= 0.6 is 11.6 Å². The maximum Gasteiger partial charge on any atom is 0.214 e. The first-order valence-electron chi connectivity index (χ1n) is 6.08. The molecular formula is C12H17ClN2O2S. The Kier molecular flexibility index (Phi) is 4.59. The molecule has 0 N–H and O–H groups in total. The van der Waals surface area contributed by atoms with E-state index in [1.165, 1.54) is 0 Å². The molecule has 1 aromatic rings. The second-order valence-electron chi connectivity index (χ2n) is 4.45. The van der Waals surface area contributed by atoms with Gasteiger partial charge in [-0.1, -0.05) is 0 Å². The number of aromatic nitrogens is 1. The molecule has 1 aromatic heterocycles. The van der Waals surface area contributed by atoms with Crippen LogP contribution in [0.4, 0.5) is 0 Å². The van der Waals surface area contributed by atoms with Crippen LogP contribution in [0.3, 0.4) is 0 Å². The fourth-order valence-corrected chi connectivity index (χ4v) is 3.95. The molecule has 2 rings (SSSR count). The van der Waals surface area contributed by atoms with Crippen LogP contribution in [-0.2, 0) is 16.4 Å². The zero-order valence-corrected chi connectivity index (χ0v) is 11.7. The molecule has 0 aliphatic heterocycles. The Labute approximate surface area is 113 Å². The van der Waals surface area contributed by atoms with Gasteiger partial charge in [0.05, 0.1) is 5.75 Å². The molecule has 1 saturated carbocycles. The maximum absolute atomic E-state index is 12.2. The first-order valence-corrected chi connectivity index (χ1v) is 8.22. The predicted molar refractivity (Wildman–Crippen MR) is 72.2 cm³/mol. The third-order valence-electron chi connectivity index (χ3n) is 3.01. The highest BCUT2D eigenvalue weighted by Gasteiger charge is 2.36. The second kappa shape index (κ2) is 5.99. The molecule has 0 amide bonds. The summed E-state index contributed by atoms with van der Waals surface area (Å²) in [7, 11) is -3.19. The molecule has 0 aromatic carbocycles. The number of aryl methyl sites for hydroxylation is 1. The summed E-state index contributed by atoms with van der Waals surface area (Å²) in [6.45, 7) is 0.422. The van der Waals surface area contributed by atoms with E-state index in [1.807, 2.05) is 12.1 Å². The Morgan fingerprint density at radius 1 is 1.33 bits per heavy atom. The Morgan fingerprint density at radius 2 is 2.00 bits per heavy atom. The molecular weight excluding hydrogens is 272 g/mol. The van der Waals surface area contributed by atoms with Gasteiger partial charge in [0.2, 0.25) is 10.0 Å². The molecule has 6 heteroatoms. The van der Waals surface area contributed by atoms with Crippen molar-refractivity contribution in [2.24, 2.45) is 0 Å². The molecule has 100 valence electrons. The van der Waals surface area contributed by atoms with Gasteiger partial charge in [-0.05, 0) is 37.0 Å². The minimum absolute atomic E-state index is 0.143. The summed E-state index contributed by atoms with van der Waals surface area (Å²) in [5, 5.41) is 0. The predicted octanol–water partition coefficient (Wildman–Crippen LogP) is 1.66. The summed E-state index contributed by atoms with van der Waals surface area (Å²) >= 11 is 5.68. The van der Waals surface area contributed by atoms with E-state index in [9.17, 15) is 8.42 Å². The normalized spacial score (nSPS) is 16.1. The van der Waals surface area contributed by atoms with Crippen molar-refractivity contribution in [1.29, 1.82) is 0 Å². The van der Waals surface area contributed by atoms with Gasteiger partial charge in [-0.25, -0.2) is 8.42 Å². The van der Waals surface area contributed by atoms with Crippen molar-refractivity contribution >= 4 is 21.6 Å². The lowest BCUT2D eigenvalue weighted by Gasteiger charge is -2.20. The van der Waals surface area contributed by atoms with Gasteiger partial charge in [-0.2, -0.15) is 4.31 Å². The molecule has 0 radical (unpaired) electrons. The van der Waals surface area contributed by atoms with Crippen LogP contribution in [-0.4, -0.2) is 41.9 Å². The monoisotopic (exact) mass is 288 g/mol. The molecule has 0 unspecified atom stereocenters. The van der Waals surface area contributed by atoms with E-state index in [-0.39, 0.29) is 11.8 Å². The first kappa shape index (κ1) is 13.8. The number of hydrogen-bond donors (Lipinski definition) is 0. The van der Waals surface area contributed by atoms with Crippen LogP contribution in [0.2, 0.25) is 0 Å². The fraction of sp³-hybridized carbons (Fsp3) is 0.583. The molecule has 4 nitrogen and oxygen atoms in total. The lowest BCUT2D eigenvalue weighted by molar-refractivity contribution is 0.422. The molecule has 1 aliphatic carbocycles. The summed E-state index contributed by atoms with van der Waals surface area (Å²) < 4.78 is 26.0. The highest BCUT2D eigenvalue weighted by atomic mass is 35.5. The quantitative estimate of drug-likeness (QED) is 0.717. The van der Waals surface area contributed by atoms with E-state index >= 15 is 0 Å². The van der Waals surface area contributed by atoms with Crippen LogP contribution in [0, 0.1) is 0 Å². The lowest BCUT2D eigenvalue weighted by atomic mass is 10.2. The molecule has 1 heterocycles. The standard InChI is InChI=1S/C12H17ClN2O2S/c13-6-9-15(12-1-2-12)18(16,17)10-5-11-3-7-14-8-4-11/h3-4,7-8,12H,1-2,5-6,9-10H2. The van der Waals surface area contributed by atoms with Crippen molar-refractivity contribution in [3.05, 3.63) is 30.1 Å². The number of nitrogens with zero attached hydrogens (tertiary/aromatic N) is 2. The van der Waals surface area contributed by atoms with Crippen LogP contribution < -0.4 is 0 Å². The molecule has 1 aliphatic rings. The van der Waals surface area contributed by atoms with Crippen molar-refractivity contribution in [1.82, 2.24) is 9.29 Å². The van der Waals surface area contributed by atoms with Crippen molar-refractivity contribution in [2.75, 3.05) is 18.2 Å². The van der Waals surface area contributed by atoms with E-state index in [0.29, 0.717) is 18.8 Å². The third kappa shape index (κ3) is 3.67. The summed E-state index contributed by atoms with van der Waals surface area (Å²) in [5.74, 6) is 0.495. The smallest absolute Gasteiger partial charge is 0.214 e. The van der Waals surface area contributed by atoms with Gasteiger partial charge in [0, 0.05) is 30.9 Å². The second-order valence-corrected chi connectivity index (χ2v) is 6.87. The van der Waals surface area contributed by atoms with E-state index in [0.717, 1.165) is 18.4 Å². The minimum atomic E-state index is -3.19. The lowest BCUT2D eigenvalue weighted by Crippen LogP contribution is -2.37. The number of rotatable bonds is 7. The molecule has 1 fully saturated rings. The van der Waals surface area contributed by atoms with Gasteiger partial charge in [0.25, 0.3) is 0 Å². The van der Waals surface area contributed by atoms with Gasteiger partial charge < -0.3 is 0 Å². The number of halogens is 1. The largest absolute Gasteiger partial charge is 0.265 e. The van der Waals surface area contributed by atoms with Gasteiger partial charge >= 0.3 is 0 Å². The van der Waals surface area contributed by atoms with Gasteiger partial charge in [-0.15, -0.1) is 11.6 Å². The summed E-state index contributed by atoms with van der Waals surface area (Å²) in [5.41, 5.74) is 0.996. The Balaban J connectivity index is 1.97.